The molecule has 3 saturated carbocycles. The highest BCUT2D eigenvalue weighted by atomic mass is 15.2. The third kappa shape index (κ3) is 2.15. The molecule has 2 N–H and O–H groups in total. The summed E-state index contributed by atoms with van der Waals surface area (Å²) in [5.41, 5.74) is 7.79. The van der Waals surface area contributed by atoms with Crippen molar-refractivity contribution in [2.45, 2.75) is 88.5 Å². The minimum absolute atomic E-state index is 0.650. The van der Waals surface area contributed by atoms with Crippen molar-refractivity contribution < 1.29 is 0 Å². The zero-order valence-corrected chi connectivity index (χ0v) is 12.5. The first-order valence-electron chi connectivity index (χ1n) is 8.72. The van der Waals surface area contributed by atoms with E-state index in [-0.39, 0.29) is 0 Å². The molecular formula is C17H27N3. The average Bonchev–Trinajstić information content (AvgIpc) is 3.05. The zero-order valence-electron chi connectivity index (χ0n) is 12.5. The summed E-state index contributed by atoms with van der Waals surface area (Å²) in [6.45, 7) is 0. The minimum atomic E-state index is 0.650. The van der Waals surface area contributed by atoms with Gasteiger partial charge in [0, 0.05) is 17.9 Å². The van der Waals surface area contributed by atoms with E-state index in [0.29, 0.717) is 17.9 Å². The lowest BCUT2D eigenvalue weighted by atomic mass is 9.88. The molecule has 3 heteroatoms. The Balaban J connectivity index is 1.70. The Hall–Kier alpha value is -0.990. The summed E-state index contributed by atoms with van der Waals surface area (Å²) in [6.07, 6.45) is 14.8. The van der Waals surface area contributed by atoms with Crippen LogP contribution in [0.3, 0.4) is 0 Å². The second-order valence-corrected chi connectivity index (χ2v) is 7.16. The Bertz CT molecular complexity index is 475. The van der Waals surface area contributed by atoms with Crippen LogP contribution in [0.5, 0.6) is 0 Å². The molecule has 0 aliphatic heterocycles. The number of rotatable bonds is 3. The van der Waals surface area contributed by atoms with Gasteiger partial charge in [0.15, 0.2) is 0 Å². The van der Waals surface area contributed by atoms with Crippen molar-refractivity contribution in [1.29, 1.82) is 0 Å². The Kier molecular flexibility index (Phi) is 3.24. The van der Waals surface area contributed by atoms with Crippen molar-refractivity contribution in [1.82, 2.24) is 9.55 Å². The van der Waals surface area contributed by atoms with Crippen molar-refractivity contribution in [2.75, 3.05) is 5.73 Å². The van der Waals surface area contributed by atoms with Crippen LogP contribution < -0.4 is 5.73 Å². The number of anilines is 1. The molecule has 4 rings (SSSR count). The highest BCUT2D eigenvalue weighted by molar-refractivity contribution is 5.43. The third-order valence-corrected chi connectivity index (χ3v) is 5.63. The van der Waals surface area contributed by atoms with Gasteiger partial charge < -0.3 is 10.3 Å². The fourth-order valence-electron chi connectivity index (χ4n) is 4.35. The van der Waals surface area contributed by atoms with Crippen LogP contribution in [0.25, 0.3) is 0 Å². The van der Waals surface area contributed by atoms with Gasteiger partial charge in [-0.05, 0) is 38.5 Å². The van der Waals surface area contributed by atoms with Gasteiger partial charge in [-0.2, -0.15) is 0 Å². The Morgan fingerprint density at radius 1 is 0.800 bits per heavy atom. The van der Waals surface area contributed by atoms with Crippen LogP contribution in [-0.2, 0) is 0 Å². The van der Waals surface area contributed by atoms with E-state index >= 15 is 0 Å². The molecule has 3 aliphatic rings. The van der Waals surface area contributed by atoms with Gasteiger partial charge in [-0.1, -0.05) is 32.1 Å². The minimum Gasteiger partial charge on any atom is -0.384 e. The summed E-state index contributed by atoms with van der Waals surface area (Å²) < 4.78 is 2.45. The molecule has 0 spiro atoms. The number of hydrogen-bond acceptors (Lipinski definition) is 2. The lowest BCUT2D eigenvalue weighted by Crippen LogP contribution is -2.12. The van der Waals surface area contributed by atoms with Gasteiger partial charge in [0.2, 0.25) is 0 Å². The Morgan fingerprint density at radius 3 is 2.05 bits per heavy atom. The van der Waals surface area contributed by atoms with Crippen LogP contribution in [0.4, 0.5) is 5.82 Å². The van der Waals surface area contributed by atoms with E-state index in [2.05, 4.69) is 4.57 Å². The second-order valence-electron chi connectivity index (χ2n) is 7.16. The van der Waals surface area contributed by atoms with Gasteiger partial charge in [0.1, 0.15) is 11.6 Å². The fraction of sp³-hybridized carbons (Fsp3) is 0.824. The van der Waals surface area contributed by atoms with Crippen molar-refractivity contribution in [3.63, 3.8) is 0 Å². The molecule has 3 nitrogen and oxygen atoms in total. The second kappa shape index (κ2) is 5.09. The molecule has 0 saturated heterocycles. The van der Waals surface area contributed by atoms with E-state index in [0.717, 1.165) is 5.82 Å². The van der Waals surface area contributed by atoms with Gasteiger partial charge in [-0.25, -0.2) is 4.98 Å². The quantitative estimate of drug-likeness (QED) is 0.880. The van der Waals surface area contributed by atoms with Crippen molar-refractivity contribution in [3.05, 3.63) is 11.5 Å². The first kappa shape index (κ1) is 12.7. The summed E-state index contributed by atoms with van der Waals surface area (Å²) in [4.78, 5) is 5.11. The van der Waals surface area contributed by atoms with Gasteiger partial charge in [-0.3, -0.25) is 0 Å². The van der Waals surface area contributed by atoms with E-state index < -0.39 is 0 Å². The highest BCUT2D eigenvalue weighted by Crippen LogP contribution is 2.46. The van der Waals surface area contributed by atoms with Gasteiger partial charge in [-0.15, -0.1) is 0 Å². The molecule has 110 valence electrons. The monoisotopic (exact) mass is 273 g/mol. The Morgan fingerprint density at radius 2 is 1.40 bits per heavy atom. The number of hydrogen-bond donors (Lipinski definition) is 1. The van der Waals surface area contributed by atoms with Crippen LogP contribution >= 0.6 is 0 Å². The largest absolute Gasteiger partial charge is 0.384 e. The molecule has 0 aromatic carbocycles. The molecule has 0 bridgehead atoms. The number of nitrogens with zero attached hydrogens (tertiary/aromatic N) is 2. The smallest absolute Gasteiger partial charge is 0.127 e. The third-order valence-electron chi connectivity index (χ3n) is 5.63. The zero-order chi connectivity index (χ0) is 13.5. The molecule has 20 heavy (non-hydrogen) atoms. The lowest BCUT2D eigenvalue weighted by molar-refractivity contribution is 0.416. The molecule has 3 fully saturated rings. The summed E-state index contributed by atoms with van der Waals surface area (Å²) in [6, 6.07) is 0.676. The summed E-state index contributed by atoms with van der Waals surface area (Å²) in [5.74, 6) is 3.71. The number of nitrogens with two attached hydrogens (primary N) is 1. The van der Waals surface area contributed by atoms with Crippen LogP contribution in [0.1, 0.15) is 100 Å². The van der Waals surface area contributed by atoms with Crippen LogP contribution in [0, 0.1) is 0 Å². The predicted octanol–water partition coefficient (Wildman–Crippen LogP) is 4.51. The molecule has 0 unspecified atom stereocenters. The molecule has 1 heterocycles. The highest BCUT2D eigenvalue weighted by Gasteiger charge is 2.35. The normalized spacial score (nSPS) is 25.4. The summed E-state index contributed by atoms with van der Waals surface area (Å²) in [7, 11) is 0. The SMILES string of the molecule is Nc1c(C2CCCC2)nc(C2CCCCC2)n1C1CC1. The predicted molar refractivity (Wildman–Crippen MR) is 81.9 cm³/mol. The van der Waals surface area contributed by atoms with Crippen LogP contribution in [0.2, 0.25) is 0 Å². The number of imidazole rings is 1. The van der Waals surface area contributed by atoms with Gasteiger partial charge >= 0.3 is 0 Å². The Labute approximate surface area is 122 Å². The summed E-state index contributed by atoms with van der Waals surface area (Å²) >= 11 is 0. The van der Waals surface area contributed by atoms with Crippen LogP contribution in [-0.4, -0.2) is 9.55 Å². The van der Waals surface area contributed by atoms with Gasteiger partial charge in [0.05, 0.1) is 5.69 Å². The maximum Gasteiger partial charge on any atom is 0.127 e. The maximum atomic E-state index is 6.53. The van der Waals surface area contributed by atoms with Crippen molar-refractivity contribution >= 4 is 5.82 Å². The van der Waals surface area contributed by atoms with E-state index in [1.54, 1.807) is 0 Å². The maximum absolute atomic E-state index is 6.53. The first-order chi connectivity index (χ1) is 9.84. The van der Waals surface area contributed by atoms with Crippen molar-refractivity contribution in [3.8, 4) is 0 Å². The molecule has 1 aromatic heterocycles. The molecule has 1 aromatic rings. The first-order valence-corrected chi connectivity index (χ1v) is 8.72. The topological polar surface area (TPSA) is 43.8 Å². The number of nitrogen functional groups attached to an aromatic ring is 1. The standard InChI is InChI=1S/C17H27N3/c18-16-15(12-6-4-5-7-12)19-17(20(16)14-10-11-14)13-8-2-1-3-9-13/h12-14H,1-11,18H2. The summed E-state index contributed by atoms with van der Waals surface area (Å²) in [5, 5.41) is 0. The molecular weight excluding hydrogens is 246 g/mol. The number of aromatic nitrogens is 2. The van der Waals surface area contributed by atoms with Crippen LogP contribution in [0.15, 0.2) is 0 Å². The molecule has 0 atom stereocenters. The average molecular weight is 273 g/mol. The van der Waals surface area contributed by atoms with E-state index in [1.165, 1.54) is 82.1 Å². The van der Waals surface area contributed by atoms with E-state index in [9.17, 15) is 0 Å². The fourth-order valence-corrected chi connectivity index (χ4v) is 4.35. The van der Waals surface area contributed by atoms with Crippen molar-refractivity contribution in [2.24, 2.45) is 0 Å². The lowest BCUT2D eigenvalue weighted by Gasteiger charge is -2.22. The van der Waals surface area contributed by atoms with Gasteiger partial charge in [0.25, 0.3) is 0 Å². The molecule has 0 amide bonds. The van der Waals surface area contributed by atoms with E-state index in [1.807, 2.05) is 0 Å². The molecule has 0 radical (unpaired) electrons. The van der Waals surface area contributed by atoms with E-state index in [4.69, 9.17) is 10.7 Å². The molecule has 3 aliphatic carbocycles.